The standard InChI is InChI=1S/C19H19N3O3S/c1-13-8-17(14-10-20-26-12-14)21-18-9-15(2-3-16(13)18)25-11-19(23)22-4-6-24-7-5-22/h2-3,8-10,12H,4-7,11H2,1H3. The summed E-state index contributed by atoms with van der Waals surface area (Å²) < 4.78 is 15.1. The number of nitrogens with zero attached hydrogens (tertiary/aromatic N) is 3. The van der Waals surface area contributed by atoms with Crippen LogP contribution < -0.4 is 4.74 Å². The highest BCUT2D eigenvalue weighted by molar-refractivity contribution is 7.03. The molecule has 6 nitrogen and oxygen atoms in total. The zero-order valence-corrected chi connectivity index (χ0v) is 15.3. The largest absolute Gasteiger partial charge is 0.484 e. The highest BCUT2D eigenvalue weighted by Gasteiger charge is 2.17. The monoisotopic (exact) mass is 369 g/mol. The van der Waals surface area contributed by atoms with Crippen LogP contribution in [-0.2, 0) is 9.53 Å². The van der Waals surface area contributed by atoms with E-state index in [0.29, 0.717) is 32.1 Å². The predicted octanol–water partition coefficient (Wildman–Crippen LogP) is 2.90. The molecule has 1 aromatic carbocycles. The van der Waals surface area contributed by atoms with Crippen molar-refractivity contribution in [2.24, 2.45) is 0 Å². The average molecular weight is 369 g/mol. The van der Waals surface area contributed by atoms with E-state index in [4.69, 9.17) is 14.5 Å². The first kappa shape index (κ1) is 16.9. The maximum Gasteiger partial charge on any atom is 0.260 e. The van der Waals surface area contributed by atoms with Crippen molar-refractivity contribution in [2.75, 3.05) is 32.9 Å². The molecule has 26 heavy (non-hydrogen) atoms. The number of benzene rings is 1. The minimum atomic E-state index is -0.0179. The van der Waals surface area contributed by atoms with Crippen molar-refractivity contribution < 1.29 is 14.3 Å². The summed E-state index contributed by atoms with van der Waals surface area (Å²) in [4.78, 5) is 18.7. The molecule has 1 saturated heterocycles. The van der Waals surface area contributed by atoms with Crippen molar-refractivity contribution in [1.82, 2.24) is 14.3 Å². The van der Waals surface area contributed by atoms with E-state index in [2.05, 4.69) is 17.4 Å². The van der Waals surface area contributed by atoms with Gasteiger partial charge in [0.15, 0.2) is 6.61 Å². The van der Waals surface area contributed by atoms with Gasteiger partial charge in [0.1, 0.15) is 5.75 Å². The van der Waals surface area contributed by atoms with Gasteiger partial charge < -0.3 is 14.4 Å². The first-order valence-electron chi connectivity index (χ1n) is 8.50. The number of rotatable bonds is 4. The molecule has 0 saturated carbocycles. The first-order valence-corrected chi connectivity index (χ1v) is 9.34. The molecule has 0 aliphatic carbocycles. The van der Waals surface area contributed by atoms with E-state index < -0.39 is 0 Å². The van der Waals surface area contributed by atoms with Crippen LogP contribution in [0.1, 0.15) is 5.56 Å². The molecule has 3 aromatic rings. The number of ether oxygens (including phenoxy) is 2. The molecule has 7 heteroatoms. The number of carbonyl (C=O) groups is 1. The van der Waals surface area contributed by atoms with Crippen LogP contribution in [0.25, 0.3) is 22.2 Å². The zero-order chi connectivity index (χ0) is 17.9. The van der Waals surface area contributed by atoms with Gasteiger partial charge in [-0.25, -0.2) is 9.36 Å². The Morgan fingerprint density at radius 3 is 2.92 bits per heavy atom. The third-order valence-corrected chi connectivity index (χ3v) is 5.03. The number of amides is 1. The lowest BCUT2D eigenvalue weighted by Gasteiger charge is -2.26. The van der Waals surface area contributed by atoms with Gasteiger partial charge in [0.05, 0.1) is 30.6 Å². The van der Waals surface area contributed by atoms with Crippen LogP contribution in [0.5, 0.6) is 5.75 Å². The lowest BCUT2D eigenvalue weighted by atomic mass is 10.1. The van der Waals surface area contributed by atoms with Crippen LogP contribution in [0.4, 0.5) is 0 Å². The Balaban J connectivity index is 1.53. The van der Waals surface area contributed by atoms with Crippen molar-refractivity contribution >= 4 is 28.3 Å². The smallest absolute Gasteiger partial charge is 0.260 e. The van der Waals surface area contributed by atoms with Crippen LogP contribution in [0.2, 0.25) is 0 Å². The molecule has 0 spiro atoms. The van der Waals surface area contributed by atoms with Gasteiger partial charge in [-0.2, -0.15) is 0 Å². The summed E-state index contributed by atoms with van der Waals surface area (Å²) in [5, 5.41) is 3.05. The van der Waals surface area contributed by atoms with Gasteiger partial charge in [-0.15, -0.1) is 0 Å². The van der Waals surface area contributed by atoms with Crippen LogP contribution in [0, 0.1) is 6.92 Å². The summed E-state index contributed by atoms with van der Waals surface area (Å²) in [6.45, 7) is 4.52. The zero-order valence-electron chi connectivity index (χ0n) is 14.5. The molecule has 4 rings (SSSR count). The van der Waals surface area contributed by atoms with Gasteiger partial charge in [-0.3, -0.25) is 4.79 Å². The van der Waals surface area contributed by atoms with E-state index in [9.17, 15) is 4.79 Å². The predicted molar refractivity (Wildman–Crippen MR) is 100 cm³/mol. The van der Waals surface area contributed by atoms with Crippen LogP contribution in [0.3, 0.4) is 0 Å². The lowest BCUT2D eigenvalue weighted by Crippen LogP contribution is -2.42. The van der Waals surface area contributed by atoms with E-state index in [-0.39, 0.29) is 12.5 Å². The second-order valence-corrected chi connectivity index (χ2v) is 6.86. The Labute approximate surface area is 155 Å². The van der Waals surface area contributed by atoms with Crippen molar-refractivity contribution in [2.45, 2.75) is 6.92 Å². The Morgan fingerprint density at radius 2 is 2.15 bits per heavy atom. The fourth-order valence-corrected chi connectivity index (χ4v) is 3.53. The number of aryl methyl sites for hydroxylation is 1. The lowest BCUT2D eigenvalue weighted by molar-refractivity contribution is -0.137. The molecule has 0 N–H and O–H groups in total. The number of carbonyl (C=O) groups excluding carboxylic acids is 1. The second-order valence-electron chi connectivity index (χ2n) is 6.20. The van der Waals surface area contributed by atoms with Crippen molar-refractivity contribution in [3.63, 3.8) is 0 Å². The van der Waals surface area contributed by atoms with E-state index in [1.807, 2.05) is 29.8 Å². The minimum absolute atomic E-state index is 0.0179. The second kappa shape index (κ2) is 7.39. The van der Waals surface area contributed by atoms with Gasteiger partial charge in [-0.1, -0.05) is 0 Å². The Bertz CT molecular complexity index is 921. The third kappa shape index (κ3) is 3.54. The summed E-state index contributed by atoms with van der Waals surface area (Å²) in [6, 6.07) is 7.82. The number of hydrogen-bond donors (Lipinski definition) is 0. The van der Waals surface area contributed by atoms with Gasteiger partial charge in [-0.05, 0) is 42.2 Å². The number of pyridine rings is 1. The van der Waals surface area contributed by atoms with Crippen LogP contribution in [0.15, 0.2) is 35.8 Å². The van der Waals surface area contributed by atoms with Crippen LogP contribution in [-0.4, -0.2) is 53.1 Å². The van der Waals surface area contributed by atoms with Gasteiger partial charge in [0.2, 0.25) is 0 Å². The quantitative estimate of drug-likeness (QED) is 0.708. The molecular weight excluding hydrogens is 350 g/mol. The molecule has 0 radical (unpaired) electrons. The molecule has 1 aliphatic rings. The maximum absolute atomic E-state index is 12.2. The molecule has 1 fully saturated rings. The normalized spacial score (nSPS) is 14.6. The van der Waals surface area contributed by atoms with Gasteiger partial charge in [0.25, 0.3) is 5.91 Å². The molecule has 0 atom stereocenters. The average Bonchev–Trinajstić information content (AvgIpc) is 3.21. The highest BCUT2D eigenvalue weighted by Crippen LogP contribution is 2.27. The van der Waals surface area contributed by atoms with E-state index in [1.165, 1.54) is 11.5 Å². The fourth-order valence-electron chi connectivity index (χ4n) is 3.00. The van der Waals surface area contributed by atoms with Gasteiger partial charge in [0, 0.05) is 35.5 Å². The number of aromatic nitrogens is 2. The SMILES string of the molecule is Cc1cc(-c2cnsc2)nc2cc(OCC(=O)N3CCOCC3)ccc12. The van der Waals surface area contributed by atoms with Crippen molar-refractivity contribution in [3.8, 4) is 17.0 Å². The van der Waals surface area contributed by atoms with E-state index in [1.54, 1.807) is 4.90 Å². The van der Waals surface area contributed by atoms with Crippen molar-refractivity contribution in [1.29, 1.82) is 0 Å². The number of morpholine rings is 1. The topological polar surface area (TPSA) is 64.6 Å². The van der Waals surface area contributed by atoms with Gasteiger partial charge >= 0.3 is 0 Å². The van der Waals surface area contributed by atoms with E-state index >= 15 is 0 Å². The molecule has 1 amide bonds. The summed E-state index contributed by atoms with van der Waals surface area (Å²) in [5.41, 5.74) is 3.90. The number of hydrogen-bond acceptors (Lipinski definition) is 6. The summed E-state index contributed by atoms with van der Waals surface area (Å²) in [6.07, 6.45) is 1.82. The Hall–Kier alpha value is -2.51. The first-order chi connectivity index (χ1) is 12.7. The maximum atomic E-state index is 12.2. The molecule has 134 valence electrons. The molecule has 1 aliphatic heterocycles. The fraction of sp³-hybridized carbons (Fsp3) is 0.316. The molecule has 2 aromatic heterocycles. The van der Waals surface area contributed by atoms with Crippen LogP contribution >= 0.6 is 11.5 Å². The van der Waals surface area contributed by atoms with Crippen molar-refractivity contribution in [3.05, 3.63) is 41.4 Å². The summed E-state index contributed by atoms with van der Waals surface area (Å²) in [7, 11) is 0. The molecular formula is C19H19N3O3S. The third-order valence-electron chi connectivity index (χ3n) is 4.44. The summed E-state index contributed by atoms with van der Waals surface area (Å²) in [5.74, 6) is 0.627. The Morgan fingerprint density at radius 1 is 1.31 bits per heavy atom. The Kier molecular flexibility index (Phi) is 4.81. The summed E-state index contributed by atoms with van der Waals surface area (Å²) >= 11 is 1.41. The van der Waals surface area contributed by atoms with E-state index in [0.717, 1.165) is 27.7 Å². The molecule has 3 heterocycles. The minimum Gasteiger partial charge on any atom is -0.484 e. The molecule has 0 unspecified atom stereocenters. The highest BCUT2D eigenvalue weighted by atomic mass is 32.1. The number of fused-ring (bicyclic) bond motifs is 1. The molecule has 0 bridgehead atoms.